The van der Waals surface area contributed by atoms with Crippen molar-refractivity contribution < 1.29 is 8.42 Å². The molecule has 0 radical (unpaired) electrons. The highest BCUT2D eigenvalue weighted by Crippen LogP contribution is 2.25. The molecule has 1 saturated carbocycles. The van der Waals surface area contributed by atoms with E-state index in [1.54, 1.807) is 12.1 Å². The lowest BCUT2D eigenvalue weighted by molar-refractivity contribution is 0.514. The van der Waals surface area contributed by atoms with Crippen molar-refractivity contribution in [3.8, 4) is 6.07 Å². The van der Waals surface area contributed by atoms with Crippen LogP contribution in [0.5, 0.6) is 0 Å². The number of rotatable bonds is 4. The first-order valence-corrected chi connectivity index (χ1v) is 7.69. The molecule has 0 aliphatic heterocycles. The lowest BCUT2D eigenvalue weighted by atomic mass is 10.1. The van der Waals surface area contributed by atoms with E-state index >= 15 is 0 Å². The van der Waals surface area contributed by atoms with Crippen LogP contribution in [0.1, 0.15) is 24.8 Å². The molecule has 2 atom stereocenters. The molecule has 1 aliphatic carbocycles. The summed E-state index contributed by atoms with van der Waals surface area (Å²) in [5.74, 6) is -0.210. The number of nitrogens with one attached hydrogen (secondary N) is 1. The number of sulfonamides is 1. The molecule has 0 saturated heterocycles. The quantitative estimate of drug-likeness (QED) is 0.901. The Morgan fingerprint density at radius 3 is 2.67 bits per heavy atom. The van der Waals surface area contributed by atoms with Crippen molar-refractivity contribution in [3.63, 3.8) is 0 Å². The summed E-state index contributed by atoms with van der Waals surface area (Å²) in [6, 6.07) is 11.0. The molecular weight excluding hydrogens is 248 g/mol. The highest BCUT2D eigenvalue weighted by molar-refractivity contribution is 7.88. The standard InChI is InChI=1S/C13H16N2O2S/c14-9-12-7-4-8-13(12)15-18(16,17)10-11-5-2-1-3-6-11/h1-3,5-6,12-13,15H,4,7-8,10H2. The van der Waals surface area contributed by atoms with Gasteiger partial charge in [0.05, 0.1) is 17.7 Å². The largest absolute Gasteiger partial charge is 0.216 e. The van der Waals surface area contributed by atoms with Crippen LogP contribution < -0.4 is 4.72 Å². The van der Waals surface area contributed by atoms with Crippen LogP contribution in [-0.2, 0) is 15.8 Å². The monoisotopic (exact) mass is 264 g/mol. The topological polar surface area (TPSA) is 70.0 Å². The van der Waals surface area contributed by atoms with Crippen molar-refractivity contribution in [1.82, 2.24) is 4.72 Å². The third-order valence-electron chi connectivity index (χ3n) is 3.21. The summed E-state index contributed by atoms with van der Waals surface area (Å²) in [5.41, 5.74) is 0.761. The van der Waals surface area contributed by atoms with Crippen molar-refractivity contribution in [3.05, 3.63) is 35.9 Å². The van der Waals surface area contributed by atoms with Gasteiger partial charge >= 0.3 is 0 Å². The first-order valence-electron chi connectivity index (χ1n) is 6.04. The minimum absolute atomic E-state index is 0.0253. The summed E-state index contributed by atoms with van der Waals surface area (Å²) in [6.45, 7) is 0. The van der Waals surface area contributed by atoms with Gasteiger partial charge in [0.15, 0.2) is 0 Å². The smallest absolute Gasteiger partial charge is 0.212 e. The van der Waals surface area contributed by atoms with Crippen LogP contribution in [-0.4, -0.2) is 14.5 Å². The fourth-order valence-corrected chi connectivity index (χ4v) is 3.78. The molecular formula is C13H16N2O2S. The summed E-state index contributed by atoms with van der Waals surface area (Å²) in [5, 5.41) is 8.94. The van der Waals surface area contributed by atoms with Crippen LogP contribution in [0.3, 0.4) is 0 Å². The molecule has 2 unspecified atom stereocenters. The molecule has 4 nitrogen and oxygen atoms in total. The Morgan fingerprint density at radius 1 is 1.28 bits per heavy atom. The normalized spacial score (nSPS) is 23.7. The Balaban J connectivity index is 2.02. The molecule has 0 spiro atoms. The molecule has 18 heavy (non-hydrogen) atoms. The second-order valence-corrected chi connectivity index (χ2v) is 6.39. The van der Waals surface area contributed by atoms with Crippen LogP contribution in [0.4, 0.5) is 0 Å². The van der Waals surface area contributed by atoms with Crippen molar-refractivity contribution in [2.24, 2.45) is 5.92 Å². The molecule has 0 aromatic heterocycles. The minimum Gasteiger partial charge on any atom is -0.212 e. The van der Waals surface area contributed by atoms with Crippen molar-refractivity contribution >= 4 is 10.0 Å². The Bertz CT molecular complexity index is 534. The fourth-order valence-electron chi connectivity index (χ4n) is 2.32. The van der Waals surface area contributed by atoms with Gasteiger partial charge in [-0.3, -0.25) is 0 Å². The SMILES string of the molecule is N#CC1CCCC1NS(=O)(=O)Cc1ccccc1. The molecule has 0 bridgehead atoms. The van der Waals surface area contributed by atoms with Gasteiger partial charge in [0, 0.05) is 6.04 Å². The highest BCUT2D eigenvalue weighted by Gasteiger charge is 2.30. The predicted octanol–water partition coefficient (Wildman–Crippen LogP) is 1.80. The first kappa shape index (κ1) is 13.1. The van der Waals surface area contributed by atoms with Gasteiger partial charge < -0.3 is 0 Å². The number of hydrogen-bond acceptors (Lipinski definition) is 3. The van der Waals surface area contributed by atoms with Gasteiger partial charge in [0.1, 0.15) is 0 Å². The van der Waals surface area contributed by atoms with E-state index in [1.165, 1.54) is 0 Å². The van der Waals surface area contributed by atoms with E-state index in [-0.39, 0.29) is 17.7 Å². The molecule has 0 amide bonds. The van der Waals surface area contributed by atoms with E-state index in [0.29, 0.717) is 0 Å². The lowest BCUT2D eigenvalue weighted by Crippen LogP contribution is -2.37. The van der Waals surface area contributed by atoms with Crippen LogP contribution in [0.2, 0.25) is 0 Å². The predicted molar refractivity (Wildman–Crippen MR) is 68.9 cm³/mol. The highest BCUT2D eigenvalue weighted by atomic mass is 32.2. The Morgan fingerprint density at radius 2 is 2.00 bits per heavy atom. The van der Waals surface area contributed by atoms with Gasteiger partial charge in [0.2, 0.25) is 10.0 Å². The third-order valence-corrected chi connectivity index (χ3v) is 4.59. The number of benzene rings is 1. The Hall–Kier alpha value is -1.38. The third kappa shape index (κ3) is 3.31. The van der Waals surface area contributed by atoms with Crippen LogP contribution in [0.15, 0.2) is 30.3 Å². The zero-order valence-electron chi connectivity index (χ0n) is 10.0. The second kappa shape index (κ2) is 5.51. The Labute approximate surface area is 108 Å². The van der Waals surface area contributed by atoms with Gasteiger partial charge in [-0.05, 0) is 18.4 Å². The summed E-state index contributed by atoms with van der Waals surface area (Å²) in [4.78, 5) is 0. The van der Waals surface area contributed by atoms with E-state index in [0.717, 1.165) is 24.8 Å². The lowest BCUT2D eigenvalue weighted by Gasteiger charge is -2.15. The van der Waals surface area contributed by atoms with Crippen molar-refractivity contribution in [1.29, 1.82) is 5.26 Å². The van der Waals surface area contributed by atoms with Crippen LogP contribution in [0, 0.1) is 17.2 Å². The maximum Gasteiger partial charge on any atom is 0.216 e. The van der Waals surface area contributed by atoms with Gasteiger partial charge in [-0.1, -0.05) is 36.8 Å². The average Bonchev–Trinajstić information content (AvgIpc) is 2.76. The van der Waals surface area contributed by atoms with Gasteiger partial charge in [-0.15, -0.1) is 0 Å². The van der Waals surface area contributed by atoms with Gasteiger partial charge in [0.25, 0.3) is 0 Å². The summed E-state index contributed by atoms with van der Waals surface area (Å²) in [6.07, 6.45) is 2.46. The number of hydrogen-bond donors (Lipinski definition) is 1. The molecule has 1 aromatic carbocycles. The number of nitriles is 1. The van der Waals surface area contributed by atoms with Crippen LogP contribution >= 0.6 is 0 Å². The maximum absolute atomic E-state index is 12.0. The molecule has 1 N–H and O–H groups in total. The zero-order chi connectivity index (χ0) is 13.0. The molecule has 0 heterocycles. The summed E-state index contributed by atoms with van der Waals surface area (Å²) < 4.78 is 26.6. The van der Waals surface area contributed by atoms with Gasteiger partial charge in [-0.2, -0.15) is 5.26 Å². The molecule has 1 aliphatic rings. The fraction of sp³-hybridized carbons (Fsp3) is 0.462. The summed E-state index contributed by atoms with van der Waals surface area (Å²) in [7, 11) is -3.36. The van der Waals surface area contributed by atoms with Crippen LogP contribution in [0.25, 0.3) is 0 Å². The van der Waals surface area contributed by atoms with Crippen molar-refractivity contribution in [2.75, 3.05) is 0 Å². The number of nitrogens with zero attached hydrogens (tertiary/aromatic N) is 1. The average molecular weight is 264 g/mol. The minimum atomic E-state index is -3.36. The molecule has 5 heteroatoms. The van der Waals surface area contributed by atoms with Crippen molar-refractivity contribution in [2.45, 2.75) is 31.1 Å². The second-order valence-electron chi connectivity index (χ2n) is 4.64. The first-order chi connectivity index (χ1) is 8.61. The maximum atomic E-state index is 12.0. The van der Waals surface area contributed by atoms with E-state index in [9.17, 15) is 8.42 Å². The van der Waals surface area contributed by atoms with E-state index < -0.39 is 10.0 Å². The summed E-state index contributed by atoms with van der Waals surface area (Å²) >= 11 is 0. The molecule has 1 fully saturated rings. The molecule has 96 valence electrons. The van der Waals surface area contributed by atoms with E-state index in [2.05, 4.69) is 10.8 Å². The zero-order valence-corrected chi connectivity index (χ0v) is 10.9. The van der Waals surface area contributed by atoms with E-state index in [4.69, 9.17) is 5.26 Å². The molecule has 1 aromatic rings. The van der Waals surface area contributed by atoms with E-state index in [1.807, 2.05) is 18.2 Å². The Kier molecular flexibility index (Phi) is 4.00. The van der Waals surface area contributed by atoms with Gasteiger partial charge in [-0.25, -0.2) is 13.1 Å². The molecule has 2 rings (SSSR count).